The van der Waals surface area contributed by atoms with Crippen molar-refractivity contribution in [1.29, 1.82) is 0 Å². The lowest BCUT2D eigenvalue weighted by molar-refractivity contribution is -0.125. The van der Waals surface area contributed by atoms with Crippen LogP contribution in [0.4, 0.5) is 10.5 Å². The first-order valence-corrected chi connectivity index (χ1v) is 9.08. The highest BCUT2D eigenvalue weighted by molar-refractivity contribution is 6.30. The summed E-state index contributed by atoms with van der Waals surface area (Å²) in [6.07, 6.45) is 0. The Hall–Kier alpha value is -3.65. The van der Waals surface area contributed by atoms with Gasteiger partial charge in [0.15, 0.2) is 11.5 Å². The van der Waals surface area contributed by atoms with Gasteiger partial charge in [0.2, 0.25) is 5.91 Å². The zero-order valence-corrected chi connectivity index (χ0v) is 15.8. The summed E-state index contributed by atoms with van der Waals surface area (Å²) in [7, 11) is 0. The predicted molar refractivity (Wildman–Crippen MR) is 105 cm³/mol. The second kappa shape index (κ2) is 7.76. The number of urea groups is 1. The summed E-state index contributed by atoms with van der Waals surface area (Å²) in [5.41, 5.74) is 2.03. The molecule has 1 aromatic heterocycles. The highest BCUT2D eigenvalue weighted by Crippen LogP contribution is 2.24. The molecule has 2 N–H and O–H groups in total. The van der Waals surface area contributed by atoms with Gasteiger partial charge in [-0.15, -0.1) is 0 Å². The highest BCUT2D eigenvalue weighted by Gasteiger charge is 2.28. The number of hydrogen-bond acceptors (Lipinski definition) is 5. The fraction of sp³-hybridized carbons (Fsp3) is 0.100. The van der Waals surface area contributed by atoms with Crippen LogP contribution in [0.25, 0.3) is 11.3 Å². The molecule has 9 heteroatoms. The number of aromatic nitrogens is 1. The van der Waals surface area contributed by atoms with Crippen LogP contribution in [0.2, 0.25) is 5.02 Å². The van der Waals surface area contributed by atoms with E-state index in [2.05, 4.69) is 15.8 Å². The van der Waals surface area contributed by atoms with E-state index >= 15 is 0 Å². The third-order valence-corrected chi connectivity index (χ3v) is 4.55. The molecule has 0 unspecified atom stereocenters. The molecule has 3 aromatic rings. The molecular weight excluding hydrogens is 396 g/mol. The minimum Gasteiger partial charge on any atom is -0.355 e. The Kier molecular flexibility index (Phi) is 5.01. The molecule has 0 aliphatic carbocycles. The van der Waals surface area contributed by atoms with E-state index in [0.29, 0.717) is 27.6 Å². The number of benzene rings is 2. The molecule has 1 saturated heterocycles. The van der Waals surface area contributed by atoms with E-state index in [1.165, 1.54) is 6.07 Å². The van der Waals surface area contributed by atoms with Gasteiger partial charge in [-0.2, -0.15) is 0 Å². The van der Waals surface area contributed by atoms with Crippen molar-refractivity contribution in [2.45, 2.75) is 6.54 Å². The van der Waals surface area contributed by atoms with E-state index in [1.807, 2.05) is 0 Å². The minimum atomic E-state index is -0.450. The summed E-state index contributed by atoms with van der Waals surface area (Å²) in [6.45, 7) is 0.119. The quantitative estimate of drug-likeness (QED) is 0.628. The Balaban J connectivity index is 1.46. The number of amides is 4. The monoisotopic (exact) mass is 410 g/mol. The van der Waals surface area contributed by atoms with Gasteiger partial charge >= 0.3 is 6.03 Å². The van der Waals surface area contributed by atoms with Crippen molar-refractivity contribution in [2.75, 3.05) is 11.9 Å². The molecule has 8 nitrogen and oxygen atoms in total. The van der Waals surface area contributed by atoms with Crippen LogP contribution in [0.5, 0.6) is 0 Å². The topological polar surface area (TPSA) is 105 Å². The maximum absolute atomic E-state index is 12.5. The standard InChI is InChI=1S/C20H15ClN4O4/c21-14-5-2-4-13(8-14)17-9-16(24-29-17)19(27)23-15-6-1-3-12(7-15)11-25-18(26)10-22-20(25)28/h1-9H,10-11H2,(H,22,28)(H,23,27). The summed E-state index contributed by atoms with van der Waals surface area (Å²) >= 11 is 5.97. The van der Waals surface area contributed by atoms with Crippen LogP contribution >= 0.6 is 11.6 Å². The number of carbonyl (C=O) groups excluding carboxylic acids is 3. The molecule has 1 aliphatic rings. The summed E-state index contributed by atoms with van der Waals surface area (Å²) in [5.74, 6) is -0.320. The first-order valence-electron chi connectivity index (χ1n) is 8.71. The van der Waals surface area contributed by atoms with Gasteiger partial charge in [-0.3, -0.25) is 14.5 Å². The van der Waals surface area contributed by atoms with E-state index in [4.69, 9.17) is 16.1 Å². The number of rotatable bonds is 5. The lowest BCUT2D eigenvalue weighted by Gasteiger charge is -2.13. The van der Waals surface area contributed by atoms with Crippen molar-refractivity contribution >= 4 is 35.1 Å². The predicted octanol–water partition coefficient (Wildman–Crippen LogP) is 3.30. The van der Waals surface area contributed by atoms with Crippen molar-refractivity contribution in [1.82, 2.24) is 15.4 Å². The summed E-state index contributed by atoms with van der Waals surface area (Å²) in [6, 6.07) is 15.0. The van der Waals surface area contributed by atoms with Crippen molar-refractivity contribution in [3.63, 3.8) is 0 Å². The highest BCUT2D eigenvalue weighted by atomic mass is 35.5. The molecule has 29 heavy (non-hydrogen) atoms. The lowest BCUT2D eigenvalue weighted by Crippen LogP contribution is -2.30. The Labute approximate surface area is 170 Å². The number of hydrogen-bond donors (Lipinski definition) is 2. The van der Waals surface area contributed by atoms with Crippen LogP contribution in [-0.4, -0.2) is 34.4 Å². The fourth-order valence-corrected chi connectivity index (χ4v) is 3.09. The second-order valence-corrected chi connectivity index (χ2v) is 6.82. The Morgan fingerprint density at radius 2 is 2.00 bits per heavy atom. The molecule has 0 spiro atoms. The van der Waals surface area contributed by atoms with Crippen LogP contribution in [0.1, 0.15) is 16.1 Å². The van der Waals surface area contributed by atoms with Crippen molar-refractivity contribution < 1.29 is 18.9 Å². The zero-order valence-electron chi connectivity index (χ0n) is 15.0. The van der Waals surface area contributed by atoms with E-state index in [-0.39, 0.29) is 24.7 Å². The van der Waals surface area contributed by atoms with Gasteiger partial charge in [-0.25, -0.2) is 4.79 Å². The maximum Gasteiger partial charge on any atom is 0.324 e. The third kappa shape index (κ3) is 4.12. The normalized spacial score (nSPS) is 13.5. The van der Waals surface area contributed by atoms with Crippen molar-refractivity contribution in [2.24, 2.45) is 0 Å². The molecule has 4 amide bonds. The van der Waals surface area contributed by atoms with Gasteiger partial charge in [0.05, 0.1) is 13.1 Å². The first-order chi connectivity index (χ1) is 14.0. The summed E-state index contributed by atoms with van der Waals surface area (Å²) < 4.78 is 5.24. The van der Waals surface area contributed by atoms with Crippen LogP contribution in [0, 0.1) is 0 Å². The van der Waals surface area contributed by atoms with E-state index < -0.39 is 11.9 Å². The van der Waals surface area contributed by atoms with Gasteiger partial charge in [0.25, 0.3) is 5.91 Å². The molecule has 146 valence electrons. The largest absolute Gasteiger partial charge is 0.355 e. The van der Waals surface area contributed by atoms with Crippen LogP contribution in [0.3, 0.4) is 0 Å². The van der Waals surface area contributed by atoms with Crippen molar-refractivity contribution in [3.05, 3.63) is 70.9 Å². The van der Waals surface area contributed by atoms with Gasteiger partial charge < -0.3 is 15.2 Å². The molecule has 1 aliphatic heterocycles. The second-order valence-electron chi connectivity index (χ2n) is 6.38. The van der Waals surface area contributed by atoms with Gasteiger partial charge in [-0.1, -0.05) is 41.0 Å². The molecule has 0 atom stereocenters. The first kappa shape index (κ1) is 18.7. The molecule has 0 saturated carbocycles. The smallest absolute Gasteiger partial charge is 0.324 e. The van der Waals surface area contributed by atoms with Crippen LogP contribution in [-0.2, 0) is 11.3 Å². The van der Waals surface area contributed by atoms with Gasteiger partial charge in [-0.05, 0) is 29.8 Å². The summed E-state index contributed by atoms with van der Waals surface area (Å²) in [4.78, 5) is 37.0. The molecular formula is C20H15ClN4O4. The average Bonchev–Trinajstić information content (AvgIpc) is 3.31. The van der Waals surface area contributed by atoms with Gasteiger partial charge in [0, 0.05) is 22.3 Å². The average molecular weight is 411 g/mol. The molecule has 0 bridgehead atoms. The Bertz CT molecular complexity index is 1100. The Morgan fingerprint density at radius 1 is 1.17 bits per heavy atom. The number of imide groups is 1. The minimum absolute atomic E-state index is 0.00359. The maximum atomic E-state index is 12.5. The number of nitrogens with one attached hydrogen (secondary N) is 2. The molecule has 2 aromatic carbocycles. The number of nitrogens with zero attached hydrogens (tertiary/aromatic N) is 2. The number of anilines is 1. The Morgan fingerprint density at radius 3 is 2.76 bits per heavy atom. The zero-order chi connectivity index (χ0) is 20.4. The van der Waals surface area contributed by atoms with Crippen LogP contribution in [0.15, 0.2) is 59.1 Å². The summed E-state index contributed by atoms with van der Waals surface area (Å²) in [5, 5.41) is 9.55. The lowest BCUT2D eigenvalue weighted by atomic mass is 10.1. The molecule has 0 radical (unpaired) electrons. The van der Waals surface area contributed by atoms with Crippen LogP contribution < -0.4 is 10.6 Å². The molecule has 1 fully saturated rings. The molecule has 2 heterocycles. The van der Waals surface area contributed by atoms with E-state index in [0.717, 1.165) is 4.90 Å². The third-order valence-electron chi connectivity index (χ3n) is 4.31. The van der Waals surface area contributed by atoms with E-state index in [1.54, 1.807) is 48.5 Å². The van der Waals surface area contributed by atoms with E-state index in [9.17, 15) is 14.4 Å². The number of halogens is 1. The van der Waals surface area contributed by atoms with Crippen molar-refractivity contribution in [3.8, 4) is 11.3 Å². The fourth-order valence-electron chi connectivity index (χ4n) is 2.90. The van der Waals surface area contributed by atoms with Gasteiger partial charge in [0.1, 0.15) is 0 Å². The SMILES string of the molecule is O=C(Nc1cccc(CN2C(=O)CNC2=O)c1)c1cc(-c2cccc(Cl)c2)on1. The number of carbonyl (C=O) groups is 3. The molecule has 4 rings (SSSR count).